The molecule has 0 saturated carbocycles. The number of aromatic amines is 1. The second kappa shape index (κ2) is 6.26. The van der Waals surface area contributed by atoms with Gasteiger partial charge in [0.25, 0.3) is 0 Å². The number of aryl methyl sites for hydroxylation is 1. The van der Waals surface area contributed by atoms with Crippen molar-refractivity contribution in [2.45, 2.75) is 26.0 Å². The molecule has 1 saturated heterocycles. The highest BCUT2D eigenvalue weighted by atomic mass is 16.5. The van der Waals surface area contributed by atoms with Crippen molar-refractivity contribution in [1.29, 1.82) is 5.26 Å². The number of nitrogens with one attached hydrogen (secondary N) is 1. The normalized spacial score (nSPS) is 20.5. The first-order valence-electron chi connectivity index (χ1n) is 7.42. The van der Waals surface area contributed by atoms with Gasteiger partial charge in [-0.05, 0) is 31.5 Å². The number of ether oxygens (including phenoxy) is 1. The van der Waals surface area contributed by atoms with Gasteiger partial charge in [0.15, 0.2) is 5.82 Å². The maximum Gasteiger partial charge on any atom is 0.180 e. The molecule has 0 bridgehead atoms. The number of nitriles is 1. The number of aromatic nitrogens is 3. The molecule has 1 fully saturated rings. The molecule has 6 nitrogen and oxygen atoms in total. The van der Waals surface area contributed by atoms with E-state index in [4.69, 9.17) is 10.00 Å². The number of rotatable bonds is 3. The van der Waals surface area contributed by atoms with Crippen LogP contribution >= 0.6 is 0 Å². The highest BCUT2D eigenvalue weighted by Crippen LogP contribution is 2.27. The van der Waals surface area contributed by atoms with Crippen LogP contribution < -0.4 is 0 Å². The Hall–Kier alpha value is -2.23. The van der Waals surface area contributed by atoms with Gasteiger partial charge in [-0.3, -0.25) is 10.00 Å². The Bertz CT molecular complexity index is 673. The Morgan fingerprint density at radius 1 is 1.41 bits per heavy atom. The predicted octanol–water partition coefficient (Wildman–Crippen LogP) is 2.12. The van der Waals surface area contributed by atoms with Crippen molar-refractivity contribution in [3.8, 4) is 6.07 Å². The summed E-state index contributed by atoms with van der Waals surface area (Å²) in [5.74, 6) is 1.52. The van der Waals surface area contributed by atoms with Crippen molar-refractivity contribution >= 4 is 0 Å². The van der Waals surface area contributed by atoms with Crippen LogP contribution in [0.25, 0.3) is 0 Å². The molecule has 0 amide bonds. The number of benzene rings is 1. The number of morpholine rings is 1. The summed E-state index contributed by atoms with van der Waals surface area (Å²) in [6, 6.07) is 10.2. The lowest BCUT2D eigenvalue weighted by atomic mass is 10.0. The Morgan fingerprint density at radius 3 is 2.82 bits per heavy atom. The SMILES string of the molecule is Cc1nc([C@H]2CN([C@H](C)c3ccc(C#N)cc3)CCO2)n[nH]1. The summed E-state index contributed by atoms with van der Waals surface area (Å²) in [7, 11) is 0. The zero-order chi connectivity index (χ0) is 15.5. The molecule has 1 aromatic carbocycles. The number of hydrogen-bond donors (Lipinski definition) is 1. The van der Waals surface area contributed by atoms with E-state index in [2.05, 4.69) is 33.1 Å². The number of H-pyrrole nitrogens is 1. The standard InChI is InChI=1S/C16H19N5O/c1-11(14-5-3-13(9-17)4-6-14)21-7-8-22-15(10-21)16-18-12(2)19-20-16/h3-6,11,15H,7-8,10H2,1-2H3,(H,18,19,20)/t11-,15-/m1/s1. The number of nitrogens with zero attached hydrogens (tertiary/aromatic N) is 4. The van der Waals surface area contributed by atoms with Crippen LogP contribution in [0.15, 0.2) is 24.3 Å². The van der Waals surface area contributed by atoms with Gasteiger partial charge >= 0.3 is 0 Å². The molecule has 0 aliphatic carbocycles. The number of hydrogen-bond acceptors (Lipinski definition) is 5. The fraction of sp³-hybridized carbons (Fsp3) is 0.438. The van der Waals surface area contributed by atoms with Gasteiger partial charge in [-0.25, -0.2) is 4.98 Å². The van der Waals surface area contributed by atoms with Gasteiger partial charge in [0.2, 0.25) is 0 Å². The van der Waals surface area contributed by atoms with E-state index in [1.807, 2.05) is 31.2 Å². The van der Waals surface area contributed by atoms with E-state index in [1.54, 1.807) is 0 Å². The topological polar surface area (TPSA) is 77.8 Å². The monoisotopic (exact) mass is 297 g/mol. The van der Waals surface area contributed by atoms with Crippen LogP contribution in [0.3, 0.4) is 0 Å². The van der Waals surface area contributed by atoms with E-state index in [0.29, 0.717) is 18.0 Å². The molecular weight excluding hydrogens is 278 g/mol. The third-order valence-electron chi connectivity index (χ3n) is 4.07. The molecule has 1 aliphatic heterocycles. The van der Waals surface area contributed by atoms with Crippen LogP contribution in [-0.2, 0) is 4.74 Å². The van der Waals surface area contributed by atoms with Gasteiger partial charge in [0.05, 0.1) is 18.2 Å². The van der Waals surface area contributed by atoms with E-state index in [0.717, 1.165) is 18.9 Å². The van der Waals surface area contributed by atoms with Crippen LogP contribution in [0, 0.1) is 18.3 Å². The summed E-state index contributed by atoms with van der Waals surface area (Å²) >= 11 is 0. The molecule has 3 rings (SSSR count). The zero-order valence-electron chi connectivity index (χ0n) is 12.8. The lowest BCUT2D eigenvalue weighted by Gasteiger charge is -2.36. The van der Waals surface area contributed by atoms with Crippen LogP contribution in [0.1, 0.15) is 41.8 Å². The van der Waals surface area contributed by atoms with Crippen LogP contribution in [-0.4, -0.2) is 39.8 Å². The highest BCUT2D eigenvalue weighted by Gasteiger charge is 2.28. The summed E-state index contributed by atoms with van der Waals surface area (Å²) < 4.78 is 5.80. The maximum atomic E-state index is 8.88. The average molecular weight is 297 g/mol. The fourth-order valence-electron chi connectivity index (χ4n) is 2.73. The molecule has 2 aromatic rings. The van der Waals surface area contributed by atoms with Crippen LogP contribution in [0.4, 0.5) is 0 Å². The first-order valence-corrected chi connectivity index (χ1v) is 7.42. The predicted molar refractivity (Wildman–Crippen MR) is 81.0 cm³/mol. The second-order valence-electron chi connectivity index (χ2n) is 5.54. The minimum Gasteiger partial charge on any atom is -0.367 e. The Morgan fingerprint density at radius 2 is 2.18 bits per heavy atom. The highest BCUT2D eigenvalue weighted by molar-refractivity contribution is 5.32. The van der Waals surface area contributed by atoms with Crippen LogP contribution in [0.5, 0.6) is 0 Å². The van der Waals surface area contributed by atoms with E-state index < -0.39 is 0 Å². The summed E-state index contributed by atoms with van der Waals surface area (Å²) in [5.41, 5.74) is 1.89. The van der Waals surface area contributed by atoms with Gasteiger partial charge in [-0.1, -0.05) is 12.1 Å². The van der Waals surface area contributed by atoms with E-state index in [1.165, 1.54) is 5.56 Å². The lowest BCUT2D eigenvalue weighted by molar-refractivity contribution is -0.0470. The molecule has 2 heterocycles. The quantitative estimate of drug-likeness (QED) is 0.939. The molecule has 1 aliphatic rings. The summed E-state index contributed by atoms with van der Waals surface area (Å²) in [6.07, 6.45) is -0.0977. The van der Waals surface area contributed by atoms with Crippen molar-refractivity contribution < 1.29 is 4.74 Å². The van der Waals surface area contributed by atoms with Gasteiger partial charge in [-0.15, -0.1) is 0 Å². The Kier molecular flexibility index (Phi) is 4.18. The molecule has 1 N–H and O–H groups in total. The van der Waals surface area contributed by atoms with Crippen molar-refractivity contribution in [2.75, 3.05) is 19.7 Å². The first-order chi connectivity index (χ1) is 10.7. The summed E-state index contributed by atoms with van der Waals surface area (Å²) in [4.78, 5) is 6.73. The molecule has 1 aromatic heterocycles. The van der Waals surface area contributed by atoms with Crippen molar-refractivity contribution in [3.63, 3.8) is 0 Å². The first kappa shape index (κ1) is 14.7. The van der Waals surface area contributed by atoms with Crippen LogP contribution in [0.2, 0.25) is 0 Å². The fourth-order valence-corrected chi connectivity index (χ4v) is 2.73. The van der Waals surface area contributed by atoms with Gasteiger partial charge in [0, 0.05) is 19.1 Å². The molecular formula is C16H19N5O. The molecule has 22 heavy (non-hydrogen) atoms. The third kappa shape index (κ3) is 3.01. The second-order valence-corrected chi connectivity index (χ2v) is 5.54. The summed E-state index contributed by atoms with van der Waals surface area (Å²) in [6.45, 7) is 6.36. The smallest absolute Gasteiger partial charge is 0.180 e. The maximum absolute atomic E-state index is 8.88. The third-order valence-corrected chi connectivity index (χ3v) is 4.07. The largest absolute Gasteiger partial charge is 0.367 e. The molecule has 2 atom stereocenters. The van der Waals surface area contributed by atoms with Crippen molar-refractivity contribution in [1.82, 2.24) is 20.1 Å². The van der Waals surface area contributed by atoms with E-state index >= 15 is 0 Å². The van der Waals surface area contributed by atoms with E-state index in [-0.39, 0.29) is 12.1 Å². The molecule has 114 valence electrons. The van der Waals surface area contributed by atoms with E-state index in [9.17, 15) is 0 Å². The minimum atomic E-state index is -0.0977. The van der Waals surface area contributed by atoms with Gasteiger partial charge in [-0.2, -0.15) is 10.4 Å². The van der Waals surface area contributed by atoms with Gasteiger partial charge in [0.1, 0.15) is 11.9 Å². The van der Waals surface area contributed by atoms with Crippen molar-refractivity contribution in [3.05, 3.63) is 47.0 Å². The zero-order valence-corrected chi connectivity index (χ0v) is 12.8. The van der Waals surface area contributed by atoms with Crippen molar-refractivity contribution in [2.24, 2.45) is 0 Å². The molecule has 0 spiro atoms. The average Bonchev–Trinajstić information content (AvgIpc) is 3.01. The molecule has 6 heteroatoms. The lowest BCUT2D eigenvalue weighted by Crippen LogP contribution is -2.40. The Balaban J connectivity index is 1.72. The summed E-state index contributed by atoms with van der Waals surface area (Å²) in [5, 5.41) is 16.0. The molecule has 0 unspecified atom stereocenters. The van der Waals surface area contributed by atoms with Gasteiger partial charge < -0.3 is 4.74 Å². The Labute approximate surface area is 129 Å². The molecule has 0 radical (unpaired) electrons. The minimum absolute atomic E-state index is 0.0977.